The molecule has 0 N–H and O–H groups in total. The van der Waals surface area contributed by atoms with Crippen LogP contribution < -0.4 is 0 Å². The maximum Gasteiger partial charge on any atom is 0.0212 e. The molecule has 0 saturated heterocycles. The van der Waals surface area contributed by atoms with Gasteiger partial charge in [0, 0.05) is 11.0 Å². The van der Waals surface area contributed by atoms with Crippen molar-refractivity contribution in [1.29, 1.82) is 0 Å². The van der Waals surface area contributed by atoms with Gasteiger partial charge in [-0.3, -0.25) is 0 Å². The second-order valence-corrected chi connectivity index (χ2v) is 2.93. The van der Waals surface area contributed by atoms with Crippen molar-refractivity contribution < 1.29 is 0 Å². The van der Waals surface area contributed by atoms with Gasteiger partial charge in [0.2, 0.25) is 0 Å². The van der Waals surface area contributed by atoms with Crippen molar-refractivity contribution in [2.75, 3.05) is 0 Å². The molecule has 0 spiro atoms. The highest BCUT2D eigenvalue weighted by molar-refractivity contribution is 6.30. The summed E-state index contributed by atoms with van der Waals surface area (Å²) in [5.74, 6) is 0.459. The molecule has 1 rings (SSSR count). The van der Waals surface area contributed by atoms with Gasteiger partial charge in [-0.2, -0.15) is 0 Å². The molecule has 1 heteroatoms. The van der Waals surface area contributed by atoms with Crippen molar-refractivity contribution in [3.63, 3.8) is 0 Å². The molecule has 0 fully saturated rings. The quantitative estimate of drug-likeness (QED) is 0.456. The second kappa shape index (κ2) is 2.57. The molecule has 9 heavy (non-hydrogen) atoms. The summed E-state index contributed by atoms with van der Waals surface area (Å²) in [5.41, 5.74) is 1.39. The molecule has 0 aromatic rings. The van der Waals surface area contributed by atoms with E-state index in [-0.39, 0.29) is 0 Å². The summed E-state index contributed by atoms with van der Waals surface area (Å²) in [6.45, 7) is 4.25. The van der Waals surface area contributed by atoms with Gasteiger partial charge >= 0.3 is 0 Å². The lowest BCUT2D eigenvalue weighted by atomic mass is 9.97. The number of hydrogen-bond acceptors (Lipinski definition) is 0. The molecule has 1 aliphatic carbocycles. The Balaban J connectivity index is 2.74. The summed E-state index contributed by atoms with van der Waals surface area (Å²) in [6, 6.07) is 0. The average molecular weight is 143 g/mol. The lowest BCUT2D eigenvalue weighted by molar-refractivity contribution is 0.817. The van der Waals surface area contributed by atoms with Crippen LogP contribution in [-0.2, 0) is 0 Å². The van der Waals surface area contributed by atoms with Gasteiger partial charge in [0.05, 0.1) is 0 Å². The topological polar surface area (TPSA) is 0 Å². The number of allylic oxidation sites excluding steroid dienone is 4. The molecule has 0 bridgehead atoms. The maximum atomic E-state index is 5.88. The van der Waals surface area contributed by atoms with Crippen LogP contribution in [0.3, 0.4) is 0 Å². The SMILES string of the molecule is CC1=CCC=C(Cl)C1C. The summed E-state index contributed by atoms with van der Waals surface area (Å²) in [7, 11) is 0. The summed E-state index contributed by atoms with van der Waals surface area (Å²) in [4.78, 5) is 0. The summed E-state index contributed by atoms with van der Waals surface area (Å²) < 4.78 is 0. The highest BCUT2D eigenvalue weighted by atomic mass is 35.5. The normalized spacial score (nSPS) is 27.2. The first kappa shape index (κ1) is 6.88. The lowest BCUT2D eigenvalue weighted by Crippen LogP contribution is -1.99. The van der Waals surface area contributed by atoms with Crippen LogP contribution >= 0.6 is 11.6 Å². The average Bonchev–Trinajstić information content (AvgIpc) is 1.83. The third kappa shape index (κ3) is 1.36. The van der Waals surface area contributed by atoms with Crippen molar-refractivity contribution in [3.05, 3.63) is 22.8 Å². The van der Waals surface area contributed by atoms with Gasteiger partial charge in [0.15, 0.2) is 0 Å². The lowest BCUT2D eigenvalue weighted by Gasteiger charge is -2.14. The van der Waals surface area contributed by atoms with E-state index in [0.29, 0.717) is 5.92 Å². The van der Waals surface area contributed by atoms with Gasteiger partial charge in [-0.25, -0.2) is 0 Å². The second-order valence-electron chi connectivity index (χ2n) is 2.49. The van der Waals surface area contributed by atoms with E-state index < -0.39 is 0 Å². The standard InChI is InChI=1S/C8H11Cl/c1-6-4-3-5-8(9)7(6)2/h4-5,7H,3H2,1-2H3. The van der Waals surface area contributed by atoms with Crippen molar-refractivity contribution in [2.45, 2.75) is 20.3 Å². The predicted octanol–water partition coefficient (Wildman–Crippen LogP) is 3.10. The van der Waals surface area contributed by atoms with Crippen LogP contribution in [0.1, 0.15) is 20.3 Å². The predicted molar refractivity (Wildman–Crippen MR) is 41.5 cm³/mol. The monoisotopic (exact) mass is 142 g/mol. The molecular formula is C8H11Cl. The zero-order valence-corrected chi connectivity index (χ0v) is 6.57. The first-order chi connectivity index (χ1) is 4.22. The van der Waals surface area contributed by atoms with E-state index in [0.717, 1.165) is 11.5 Å². The Morgan fingerprint density at radius 2 is 2.22 bits per heavy atom. The Labute approximate surface area is 61.2 Å². The molecule has 1 atom stereocenters. The van der Waals surface area contributed by atoms with Crippen LogP contribution in [0, 0.1) is 5.92 Å². The zero-order valence-electron chi connectivity index (χ0n) is 5.82. The van der Waals surface area contributed by atoms with Gasteiger partial charge < -0.3 is 0 Å². The summed E-state index contributed by atoms with van der Waals surface area (Å²) in [5, 5.41) is 0.995. The molecule has 0 nitrogen and oxygen atoms in total. The molecule has 50 valence electrons. The van der Waals surface area contributed by atoms with Gasteiger partial charge in [0.25, 0.3) is 0 Å². The third-order valence-corrected chi connectivity index (χ3v) is 2.33. The van der Waals surface area contributed by atoms with Crippen molar-refractivity contribution in [1.82, 2.24) is 0 Å². The first-order valence-corrected chi connectivity index (χ1v) is 3.62. The molecule has 0 aliphatic heterocycles. The molecule has 1 unspecified atom stereocenters. The van der Waals surface area contributed by atoms with E-state index in [1.54, 1.807) is 0 Å². The van der Waals surface area contributed by atoms with E-state index in [4.69, 9.17) is 11.6 Å². The van der Waals surface area contributed by atoms with Crippen LogP contribution in [0.2, 0.25) is 0 Å². The molecule has 0 radical (unpaired) electrons. The Kier molecular flexibility index (Phi) is 1.97. The van der Waals surface area contributed by atoms with Crippen molar-refractivity contribution in [3.8, 4) is 0 Å². The first-order valence-electron chi connectivity index (χ1n) is 3.24. The summed E-state index contributed by atoms with van der Waals surface area (Å²) in [6.07, 6.45) is 5.30. The van der Waals surface area contributed by atoms with Gasteiger partial charge in [-0.1, -0.05) is 36.2 Å². The van der Waals surface area contributed by atoms with Gasteiger partial charge in [-0.15, -0.1) is 0 Å². The number of rotatable bonds is 0. The fourth-order valence-electron chi connectivity index (χ4n) is 0.928. The fraction of sp³-hybridized carbons (Fsp3) is 0.500. The summed E-state index contributed by atoms with van der Waals surface area (Å²) >= 11 is 5.88. The fourth-order valence-corrected chi connectivity index (χ4v) is 1.19. The molecular weight excluding hydrogens is 132 g/mol. The minimum atomic E-state index is 0.459. The Bertz CT molecular complexity index is 147. The Hall–Kier alpha value is -0.230. The van der Waals surface area contributed by atoms with Crippen molar-refractivity contribution in [2.24, 2.45) is 5.92 Å². The van der Waals surface area contributed by atoms with Gasteiger partial charge in [-0.05, 0) is 13.3 Å². The van der Waals surface area contributed by atoms with Gasteiger partial charge in [0.1, 0.15) is 0 Å². The maximum absolute atomic E-state index is 5.88. The van der Waals surface area contributed by atoms with Crippen LogP contribution in [0.4, 0.5) is 0 Å². The van der Waals surface area contributed by atoms with E-state index in [2.05, 4.69) is 26.0 Å². The highest BCUT2D eigenvalue weighted by Crippen LogP contribution is 2.27. The molecule has 0 heterocycles. The highest BCUT2D eigenvalue weighted by Gasteiger charge is 2.10. The smallest absolute Gasteiger partial charge is 0.0212 e. The Morgan fingerprint density at radius 1 is 1.56 bits per heavy atom. The molecule has 0 aromatic carbocycles. The van der Waals surface area contributed by atoms with Crippen LogP contribution in [0.5, 0.6) is 0 Å². The minimum absolute atomic E-state index is 0.459. The minimum Gasteiger partial charge on any atom is -0.0888 e. The van der Waals surface area contributed by atoms with Crippen LogP contribution in [0.25, 0.3) is 0 Å². The van der Waals surface area contributed by atoms with E-state index in [9.17, 15) is 0 Å². The molecule has 0 saturated carbocycles. The molecule has 1 aliphatic rings. The molecule has 0 aromatic heterocycles. The number of halogens is 1. The molecule has 0 amide bonds. The van der Waals surface area contributed by atoms with E-state index in [1.165, 1.54) is 5.57 Å². The largest absolute Gasteiger partial charge is 0.0888 e. The Morgan fingerprint density at radius 3 is 2.67 bits per heavy atom. The zero-order chi connectivity index (χ0) is 6.85. The van der Waals surface area contributed by atoms with Crippen LogP contribution in [0.15, 0.2) is 22.8 Å². The third-order valence-electron chi connectivity index (χ3n) is 1.85. The van der Waals surface area contributed by atoms with Crippen LogP contribution in [-0.4, -0.2) is 0 Å². The van der Waals surface area contributed by atoms with Crippen molar-refractivity contribution >= 4 is 11.6 Å². The van der Waals surface area contributed by atoms with E-state index in [1.807, 2.05) is 0 Å². The van der Waals surface area contributed by atoms with E-state index >= 15 is 0 Å². The number of hydrogen-bond donors (Lipinski definition) is 0.